The summed E-state index contributed by atoms with van der Waals surface area (Å²) in [7, 11) is 0. The molecule has 3 heterocycles. The highest BCUT2D eigenvalue weighted by Crippen LogP contribution is 2.24. The molecule has 1 aliphatic heterocycles. The number of hydrogen-bond acceptors (Lipinski definition) is 3. The van der Waals surface area contributed by atoms with Crippen molar-refractivity contribution in [3.05, 3.63) is 59.2 Å². The molecule has 0 spiro atoms. The second-order valence-electron chi connectivity index (χ2n) is 8.02. The van der Waals surface area contributed by atoms with Crippen molar-refractivity contribution in [2.45, 2.75) is 39.7 Å². The number of hydrogen-bond donors (Lipinski definition) is 2. The number of amides is 2. The molecule has 1 saturated heterocycles. The number of rotatable bonds is 4. The molecule has 1 aromatic carbocycles. The van der Waals surface area contributed by atoms with Gasteiger partial charge >= 0.3 is 0 Å². The van der Waals surface area contributed by atoms with Crippen LogP contribution in [0, 0.1) is 19.8 Å². The van der Waals surface area contributed by atoms with Crippen LogP contribution in [0.3, 0.4) is 0 Å². The number of nitrogens with zero attached hydrogens (tertiary/aromatic N) is 1. The van der Waals surface area contributed by atoms with E-state index in [2.05, 4.69) is 10.3 Å². The van der Waals surface area contributed by atoms with Gasteiger partial charge in [0.1, 0.15) is 5.76 Å². The fourth-order valence-corrected chi connectivity index (χ4v) is 4.03. The zero-order valence-electron chi connectivity index (χ0n) is 17.1. The first kappa shape index (κ1) is 19.3. The summed E-state index contributed by atoms with van der Waals surface area (Å²) in [4.78, 5) is 30.3. The number of piperidine rings is 1. The minimum Gasteiger partial charge on any atom is -0.456 e. The molecule has 2 N–H and O–H groups in total. The van der Waals surface area contributed by atoms with Gasteiger partial charge in [0.2, 0.25) is 0 Å². The van der Waals surface area contributed by atoms with E-state index < -0.39 is 0 Å². The number of carbonyl (C=O) groups excluding carboxylic acids is 2. The summed E-state index contributed by atoms with van der Waals surface area (Å²) in [5.41, 5.74) is 2.61. The topological polar surface area (TPSA) is 78.3 Å². The molecule has 2 aromatic heterocycles. The summed E-state index contributed by atoms with van der Waals surface area (Å²) in [6, 6.07) is 9.53. The first-order chi connectivity index (χ1) is 13.9. The Hall–Kier alpha value is -3.02. The van der Waals surface area contributed by atoms with E-state index in [0.29, 0.717) is 30.3 Å². The number of nitrogens with one attached hydrogen (secondary N) is 2. The van der Waals surface area contributed by atoms with Gasteiger partial charge in [-0.1, -0.05) is 6.07 Å². The Morgan fingerprint density at radius 1 is 1.17 bits per heavy atom. The highest BCUT2D eigenvalue weighted by molar-refractivity contribution is 5.98. The highest BCUT2D eigenvalue weighted by Gasteiger charge is 2.29. The second kappa shape index (κ2) is 7.78. The zero-order valence-corrected chi connectivity index (χ0v) is 17.1. The average molecular weight is 393 g/mol. The molecule has 29 heavy (non-hydrogen) atoms. The monoisotopic (exact) mass is 393 g/mol. The summed E-state index contributed by atoms with van der Waals surface area (Å²) in [6.07, 6.45) is 3.60. The molecule has 1 unspecified atom stereocenters. The van der Waals surface area contributed by atoms with Gasteiger partial charge in [0.05, 0.1) is 0 Å². The Bertz CT molecular complexity index is 1020. The number of aromatic amines is 1. The first-order valence-corrected chi connectivity index (χ1v) is 10.2. The minimum atomic E-state index is -0.0611. The molecule has 4 rings (SSSR count). The normalized spacial score (nSPS) is 16.2. The van der Waals surface area contributed by atoms with Crippen LogP contribution in [0.25, 0.3) is 10.9 Å². The van der Waals surface area contributed by atoms with E-state index in [-0.39, 0.29) is 17.9 Å². The zero-order chi connectivity index (χ0) is 20.5. The Labute approximate surface area is 170 Å². The van der Waals surface area contributed by atoms with Crippen molar-refractivity contribution < 1.29 is 14.0 Å². The van der Waals surface area contributed by atoms with E-state index in [0.717, 1.165) is 35.1 Å². The number of aryl methyl sites for hydroxylation is 2. The van der Waals surface area contributed by atoms with Gasteiger partial charge in [-0.15, -0.1) is 0 Å². The molecular weight excluding hydrogens is 366 g/mol. The molecule has 0 bridgehead atoms. The fourth-order valence-electron chi connectivity index (χ4n) is 4.03. The van der Waals surface area contributed by atoms with Crippen LogP contribution in [-0.4, -0.2) is 40.8 Å². The SMILES string of the molecule is Cc1cc(C(=O)N2CCC(C(C)NC(=O)c3ccc4cc[nH]c4c3)CC2)oc1C. The third-order valence-corrected chi connectivity index (χ3v) is 6.09. The van der Waals surface area contributed by atoms with Crippen molar-refractivity contribution in [1.29, 1.82) is 0 Å². The van der Waals surface area contributed by atoms with Crippen LogP contribution >= 0.6 is 0 Å². The van der Waals surface area contributed by atoms with E-state index in [4.69, 9.17) is 4.42 Å². The quantitative estimate of drug-likeness (QED) is 0.702. The van der Waals surface area contributed by atoms with E-state index in [1.165, 1.54) is 0 Å². The van der Waals surface area contributed by atoms with Crippen LogP contribution in [0.2, 0.25) is 0 Å². The van der Waals surface area contributed by atoms with Gasteiger partial charge in [0, 0.05) is 36.4 Å². The number of carbonyl (C=O) groups is 2. The third kappa shape index (κ3) is 3.92. The lowest BCUT2D eigenvalue weighted by Gasteiger charge is -2.34. The number of H-pyrrole nitrogens is 1. The summed E-state index contributed by atoms with van der Waals surface area (Å²) in [5, 5.41) is 4.23. The van der Waals surface area contributed by atoms with Crippen molar-refractivity contribution in [2.75, 3.05) is 13.1 Å². The molecular formula is C23H27N3O3. The molecule has 1 atom stereocenters. The summed E-state index contributed by atoms with van der Waals surface area (Å²) >= 11 is 0. The molecule has 6 heteroatoms. The van der Waals surface area contributed by atoms with Gasteiger partial charge in [-0.25, -0.2) is 0 Å². The summed E-state index contributed by atoms with van der Waals surface area (Å²) < 4.78 is 5.58. The van der Waals surface area contributed by atoms with E-state index in [9.17, 15) is 9.59 Å². The van der Waals surface area contributed by atoms with Gasteiger partial charge in [-0.2, -0.15) is 0 Å². The Kier molecular flexibility index (Phi) is 5.18. The maximum Gasteiger partial charge on any atom is 0.289 e. The lowest BCUT2D eigenvalue weighted by Crippen LogP contribution is -2.45. The van der Waals surface area contributed by atoms with Gasteiger partial charge in [-0.3, -0.25) is 9.59 Å². The predicted octanol–water partition coefficient (Wildman–Crippen LogP) is 4.05. The van der Waals surface area contributed by atoms with Crippen LogP contribution in [-0.2, 0) is 0 Å². The number of benzene rings is 1. The lowest BCUT2D eigenvalue weighted by atomic mass is 9.90. The van der Waals surface area contributed by atoms with Gasteiger partial charge in [0.25, 0.3) is 11.8 Å². The van der Waals surface area contributed by atoms with Crippen LogP contribution in [0.15, 0.2) is 40.9 Å². The Balaban J connectivity index is 1.33. The van der Waals surface area contributed by atoms with Crippen LogP contribution in [0.4, 0.5) is 0 Å². The fraction of sp³-hybridized carbons (Fsp3) is 0.391. The minimum absolute atomic E-state index is 0.0458. The predicted molar refractivity (Wildman–Crippen MR) is 112 cm³/mol. The number of likely N-dealkylation sites (tertiary alicyclic amines) is 1. The number of furan rings is 1. The first-order valence-electron chi connectivity index (χ1n) is 10.2. The molecule has 0 saturated carbocycles. The molecule has 152 valence electrons. The smallest absolute Gasteiger partial charge is 0.289 e. The maximum atomic E-state index is 12.7. The van der Waals surface area contributed by atoms with Crippen molar-refractivity contribution in [3.8, 4) is 0 Å². The lowest BCUT2D eigenvalue weighted by molar-refractivity contribution is 0.0632. The van der Waals surface area contributed by atoms with E-state index >= 15 is 0 Å². The highest BCUT2D eigenvalue weighted by atomic mass is 16.4. The largest absolute Gasteiger partial charge is 0.456 e. The van der Waals surface area contributed by atoms with Crippen molar-refractivity contribution >= 4 is 22.7 Å². The molecule has 1 fully saturated rings. The number of aromatic nitrogens is 1. The maximum absolute atomic E-state index is 12.7. The van der Waals surface area contributed by atoms with Crippen molar-refractivity contribution in [1.82, 2.24) is 15.2 Å². The van der Waals surface area contributed by atoms with Crippen LogP contribution in [0.1, 0.15) is 52.0 Å². The molecule has 6 nitrogen and oxygen atoms in total. The number of fused-ring (bicyclic) bond motifs is 1. The van der Waals surface area contributed by atoms with E-state index in [1.807, 2.05) is 62.2 Å². The van der Waals surface area contributed by atoms with Gasteiger partial charge < -0.3 is 19.6 Å². The standard InChI is InChI=1S/C23H27N3O3/c1-14-12-21(29-16(14)3)23(28)26-10-7-17(8-11-26)15(2)25-22(27)19-5-4-18-6-9-24-20(18)13-19/h4-6,9,12-13,15,17,24H,7-8,10-11H2,1-3H3,(H,25,27). The molecule has 3 aromatic rings. The van der Waals surface area contributed by atoms with Crippen molar-refractivity contribution in [2.24, 2.45) is 5.92 Å². The Morgan fingerprint density at radius 2 is 1.93 bits per heavy atom. The molecule has 1 aliphatic rings. The summed E-state index contributed by atoms with van der Waals surface area (Å²) in [5.74, 6) is 1.44. The van der Waals surface area contributed by atoms with E-state index in [1.54, 1.807) is 0 Å². The second-order valence-corrected chi connectivity index (χ2v) is 8.02. The Morgan fingerprint density at radius 3 is 2.62 bits per heavy atom. The summed E-state index contributed by atoms with van der Waals surface area (Å²) in [6.45, 7) is 7.22. The van der Waals surface area contributed by atoms with Crippen molar-refractivity contribution in [3.63, 3.8) is 0 Å². The van der Waals surface area contributed by atoms with Crippen LogP contribution < -0.4 is 5.32 Å². The third-order valence-electron chi connectivity index (χ3n) is 6.09. The van der Waals surface area contributed by atoms with Gasteiger partial charge in [0.15, 0.2) is 5.76 Å². The van der Waals surface area contributed by atoms with Gasteiger partial charge in [-0.05, 0) is 74.7 Å². The molecule has 0 aliphatic carbocycles. The molecule has 2 amide bonds. The van der Waals surface area contributed by atoms with Crippen LogP contribution in [0.5, 0.6) is 0 Å². The molecule has 0 radical (unpaired) electrons. The average Bonchev–Trinajstić information content (AvgIpc) is 3.33.